The Balaban J connectivity index is 1.75. The second-order valence-corrected chi connectivity index (χ2v) is 5.08. The topological polar surface area (TPSA) is 49.2 Å². The van der Waals surface area contributed by atoms with Gasteiger partial charge in [0.2, 0.25) is 0 Å². The number of hydrogen-bond donors (Lipinski definition) is 0. The molecule has 1 aliphatic heterocycles. The van der Waals surface area contributed by atoms with Crippen molar-refractivity contribution >= 4 is 0 Å². The van der Waals surface area contributed by atoms with Crippen LogP contribution in [0.3, 0.4) is 0 Å². The number of hydrogen-bond acceptors (Lipinski definition) is 4. The van der Waals surface area contributed by atoms with Gasteiger partial charge in [-0.2, -0.15) is 0 Å². The van der Waals surface area contributed by atoms with Gasteiger partial charge in [-0.05, 0) is 30.9 Å². The molecule has 1 fully saturated rings. The first-order valence-corrected chi connectivity index (χ1v) is 6.98. The van der Waals surface area contributed by atoms with Crippen LogP contribution in [0.1, 0.15) is 12.8 Å². The fourth-order valence-electron chi connectivity index (χ4n) is 2.56. The minimum absolute atomic E-state index is 0.635. The zero-order chi connectivity index (χ0) is 13.8. The second kappa shape index (κ2) is 6.05. The Morgan fingerprint density at radius 3 is 2.90 bits per heavy atom. The van der Waals surface area contributed by atoms with E-state index in [1.165, 1.54) is 0 Å². The van der Waals surface area contributed by atoms with Crippen molar-refractivity contribution in [1.29, 1.82) is 0 Å². The lowest BCUT2D eigenvalue weighted by Gasteiger charge is -2.21. The molecular formula is C15H19N3O2. The lowest BCUT2D eigenvalue weighted by atomic mass is 10.0. The van der Waals surface area contributed by atoms with E-state index in [0.717, 1.165) is 49.6 Å². The van der Waals surface area contributed by atoms with Crippen LogP contribution in [0.15, 0.2) is 30.5 Å². The van der Waals surface area contributed by atoms with E-state index < -0.39 is 0 Å². The van der Waals surface area contributed by atoms with Gasteiger partial charge in [-0.1, -0.05) is 17.3 Å². The van der Waals surface area contributed by atoms with Gasteiger partial charge in [0, 0.05) is 25.3 Å². The first-order valence-electron chi connectivity index (χ1n) is 6.98. The van der Waals surface area contributed by atoms with Crippen molar-refractivity contribution in [1.82, 2.24) is 15.0 Å². The third-order valence-corrected chi connectivity index (χ3v) is 3.71. The molecule has 1 saturated heterocycles. The molecule has 0 radical (unpaired) electrons. The third kappa shape index (κ3) is 2.82. The predicted octanol–water partition coefficient (Wildman–Crippen LogP) is 2.38. The maximum Gasteiger partial charge on any atom is 0.128 e. The quantitative estimate of drug-likeness (QED) is 0.858. The van der Waals surface area contributed by atoms with E-state index >= 15 is 0 Å². The molecule has 3 rings (SSSR count). The Morgan fingerprint density at radius 2 is 2.10 bits per heavy atom. The highest BCUT2D eigenvalue weighted by Gasteiger charge is 2.16. The van der Waals surface area contributed by atoms with Gasteiger partial charge in [0.1, 0.15) is 11.4 Å². The summed E-state index contributed by atoms with van der Waals surface area (Å²) in [6.45, 7) is 2.63. The van der Waals surface area contributed by atoms with Crippen molar-refractivity contribution in [3.8, 4) is 17.0 Å². The van der Waals surface area contributed by atoms with Crippen LogP contribution in [-0.4, -0.2) is 35.3 Å². The molecule has 0 N–H and O–H groups in total. The number of methoxy groups -OCH3 is 1. The van der Waals surface area contributed by atoms with Crippen LogP contribution in [0.4, 0.5) is 0 Å². The molecule has 2 heterocycles. The van der Waals surface area contributed by atoms with Crippen LogP contribution in [0.2, 0.25) is 0 Å². The Morgan fingerprint density at radius 1 is 1.30 bits per heavy atom. The SMILES string of the molecule is COc1ccccc1-c1cn(CC2CCOCC2)nn1. The van der Waals surface area contributed by atoms with E-state index in [4.69, 9.17) is 9.47 Å². The summed E-state index contributed by atoms with van der Waals surface area (Å²) in [5.74, 6) is 1.46. The standard InChI is InChI=1S/C15H19N3O2/c1-19-15-5-3-2-4-13(15)14-11-18(17-16-14)10-12-6-8-20-9-7-12/h2-5,11-12H,6-10H2,1H3. The first-order chi connectivity index (χ1) is 9.86. The maximum absolute atomic E-state index is 5.38. The van der Waals surface area contributed by atoms with Gasteiger partial charge in [0.15, 0.2) is 0 Å². The number of rotatable bonds is 4. The summed E-state index contributed by atoms with van der Waals surface area (Å²) in [5, 5.41) is 8.49. The Hall–Kier alpha value is -1.88. The van der Waals surface area contributed by atoms with Crippen LogP contribution < -0.4 is 4.74 Å². The van der Waals surface area contributed by atoms with E-state index in [0.29, 0.717) is 5.92 Å². The van der Waals surface area contributed by atoms with Gasteiger partial charge >= 0.3 is 0 Å². The van der Waals surface area contributed by atoms with Gasteiger partial charge in [-0.25, -0.2) is 0 Å². The van der Waals surface area contributed by atoms with E-state index in [1.54, 1.807) is 7.11 Å². The number of para-hydroxylation sites is 1. The van der Waals surface area contributed by atoms with Crippen molar-refractivity contribution in [3.05, 3.63) is 30.5 Å². The van der Waals surface area contributed by atoms with Gasteiger partial charge < -0.3 is 9.47 Å². The summed E-state index contributed by atoms with van der Waals surface area (Å²) < 4.78 is 12.7. The summed E-state index contributed by atoms with van der Waals surface area (Å²) in [7, 11) is 1.67. The van der Waals surface area contributed by atoms with Crippen molar-refractivity contribution in [2.75, 3.05) is 20.3 Å². The Labute approximate surface area is 118 Å². The number of benzene rings is 1. The lowest BCUT2D eigenvalue weighted by Crippen LogP contribution is -2.20. The number of aromatic nitrogens is 3. The van der Waals surface area contributed by atoms with Crippen molar-refractivity contribution in [2.24, 2.45) is 5.92 Å². The zero-order valence-electron chi connectivity index (χ0n) is 11.7. The lowest BCUT2D eigenvalue weighted by molar-refractivity contribution is 0.0600. The molecule has 5 heteroatoms. The molecule has 0 aliphatic carbocycles. The summed E-state index contributed by atoms with van der Waals surface area (Å²) in [4.78, 5) is 0. The molecule has 0 saturated carbocycles. The van der Waals surface area contributed by atoms with Gasteiger partial charge in [-0.15, -0.1) is 5.10 Å². The second-order valence-electron chi connectivity index (χ2n) is 5.08. The van der Waals surface area contributed by atoms with Crippen LogP contribution >= 0.6 is 0 Å². The van der Waals surface area contributed by atoms with E-state index in [1.807, 2.05) is 35.1 Å². The molecule has 0 atom stereocenters. The highest BCUT2D eigenvalue weighted by atomic mass is 16.5. The van der Waals surface area contributed by atoms with Crippen LogP contribution in [0, 0.1) is 5.92 Å². The maximum atomic E-state index is 5.38. The molecule has 106 valence electrons. The van der Waals surface area contributed by atoms with Crippen LogP contribution in [0.25, 0.3) is 11.3 Å². The van der Waals surface area contributed by atoms with Crippen molar-refractivity contribution in [3.63, 3.8) is 0 Å². The summed E-state index contributed by atoms with van der Waals surface area (Å²) in [6.07, 6.45) is 4.20. The molecule has 1 aromatic heterocycles. The molecule has 5 nitrogen and oxygen atoms in total. The predicted molar refractivity (Wildman–Crippen MR) is 75.6 cm³/mol. The number of ether oxygens (including phenoxy) is 2. The molecular weight excluding hydrogens is 254 g/mol. The Kier molecular flexibility index (Phi) is 3.97. The molecule has 0 bridgehead atoms. The summed E-state index contributed by atoms with van der Waals surface area (Å²) in [6, 6.07) is 7.87. The van der Waals surface area contributed by atoms with Crippen LogP contribution in [-0.2, 0) is 11.3 Å². The average molecular weight is 273 g/mol. The minimum Gasteiger partial charge on any atom is -0.496 e. The molecule has 0 amide bonds. The average Bonchev–Trinajstić information content (AvgIpc) is 2.96. The van der Waals surface area contributed by atoms with Gasteiger partial charge in [0.25, 0.3) is 0 Å². The fourth-order valence-corrected chi connectivity index (χ4v) is 2.56. The fraction of sp³-hybridized carbons (Fsp3) is 0.467. The molecule has 0 spiro atoms. The van der Waals surface area contributed by atoms with E-state index in [2.05, 4.69) is 10.3 Å². The smallest absolute Gasteiger partial charge is 0.128 e. The van der Waals surface area contributed by atoms with E-state index in [9.17, 15) is 0 Å². The van der Waals surface area contributed by atoms with Gasteiger partial charge in [-0.3, -0.25) is 4.68 Å². The molecule has 0 unspecified atom stereocenters. The molecule has 20 heavy (non-hydrogen) atoms. The summed E-state index contributed by atoms with van der Waals surface area (Å²) in [5.41, 5.74) is 1.84. The third-order valence-electron chi connectivity index (χ3n) is 3.71. The minimum atomic E-state index is 0.635. The van der Waals surface area contributed by atoms with Crippen molar-refractivity contribution in [2.45, 2.75) is 19.4 Å². The number of nitrogens with zero attached hydrogens (tertiary/aromatic N) is 3. The highest BCUT2D eigenvalue weighted by molar-refractivity contribution is 5.65. The monoisotopic (exact) mass is 273 g/mol. The molecule has 2 aromatic rings. The Bertz CT molecular complexity index is 562. The summed E-state index contributed by atoms with van der Waals surface area (Å²) >= 11 is 0. The highest BCUT2D eigenvalue weighted by Crippen LogP contribution is 2.27. The van der Waals surface area contributed by atoms with Gasteiger partial charge in [0.05, 0.1) is 13.3 Å². The van der Waals surface area contributed by atoms with Crippen LogP contribution in [0.5, 0.6) is 5.75 Å². The van der Waals surface area contributed by atoms with Crippen molar-refractivity contribution < 1.29 is 9.47 Å². The normalized spacial score (nSPS) is 16.2. The first kappa shape index (κ1) is 13.1. The zero-order valence-corrected chi connectivity index (χ0v) is 11.7. The van der Waals surface area contributed by atoms with E-state index in [-0.39, 0.29) is 0 Å². The molecule has 1 aromatic carbocycles. The largest absolute Gasteiger partial charge is 0.496 e. The molecule has 1 aliphatic rings.